The van der Waals surface area contributed by atoms with Gasteiger partial charge in [0.15, 0.2) is 12.2 Å². The van der Waals surface area contributed by atoms with Crippen LogP contribution in [0.5, 0.6) is 0 Å². The first-order chi connectivity index (χ1) is 11.0. The Kier molecular flexibility index (Phi) is 11.8. The van der Waals surface area contributed by atoms with E-state index < -0.39 is 23.1 Å². The summed E-state index contributed by atoms with van der Waals surface area (Å²) in [6, 6.07) is 0. The second kappa shape index (κ2) is 12.0. The third-order valence-electron chi connectivity index (χ3n) is 1.84. The van der Waals surface area contributed by atoms with Gasteiger partial charge in [-0.25, -0.2) is 9.59 Å². The van der Waals surface area contributed by atoms with Crippen molar-refractivity contribution in [3.8, 4) is 23.7 Å². The first-order valence-electron chi connectivity index (χ1n) is 6.95. The van der Waals surface area contributed by atoms with E-state index in [9.17, 15) is 9.59 Å². The van der Waals surface area contributed by atoms with Gasteiger partial charge in [0.2, 0.25) is 0 Å². The number of rotatable bonds is 4. The maximum absolute atomic E-state index is 10.9. The van der Waals surface area contributed by atoms with Crippen molar-refractivity contribution >= 4 is 11.9 Å². The van der Waals surface area contributed by atoms with E-state index in [1.54, 1.807) is 27.7 Å². The van der Waals surface area contributed by atoms with Crippen LogP contribution >= 0.6 is 0 Å². The summed E-state index contributed by atoms with van der Waals surface area (Å²) in [6.07, 6.45) is 2.10. The van der Waals surface area contributed by atoms with Gasteiger partial charge in [0, 0.05) is 12.2 Å². The van der Waals surface area contributed by atoms with Gasteiger partial charge in [-0.15, -0.1) is 0 Å². The topological polar surface area (TPSA) is 93.1 Å². The summed E-state index contributed by atoms with van der Waals surface area (Å²) < 4.78 is 9.56. The first kappa shape index (κ1) is 23.7. The Morgan fingerprint density at radius 2 is 1.58 bits per heavy atom. The zero-order chi connectivity index (χ0) is 19.2. The van der Waals surface area contributed by atoms with Crippen LogP contribution in [0.4, 0.5) is 0 Å². The van der Waals surface area contributed by atoms with Gasteiger partial charge in [-0.3, -0.25) is 0 Å². The second-order valence-corrected chi connectivity index (χ2v) is 5.27. The predicted octanol–water partition coefficient (Wildman–Crippen LogP) is 0.980. The zero-order valence-electron chi connectivity index (χ0n) is 14.5. The summed E-state index contributed by atoms with van der Waals surface area (Å²) in [7, 11) is 0. The van der Waals surface area contributed by atoms with Gasteiger partial charge >= 0.3 is 11.9 Å². The molecule has 0 rings (SSSR count). The predicted molar refractivity (Wildman–Crippen MR) is 90.5 cm³/mol. The highest BCUT2D eigenvalue weighted by molar-refractivity contribution is 5.82. The molecule has 0 saturated carbocycles. The molecule has 6 heteroatoms. The molecule has 0 unspecified atom stereocenters. The average Bonchev–Trinajstić information content (AvgIpc) is 2.48. The summed E-state index contributed by atoms with van der Waals surface area (Å²) in [5, 5.41) is 17.0. The second-order valence-electron chi connectivity index (χ2n) is 5.27. The van der Waals surface area contributed by atoms with Crippen molar-refractivity contribution in [2.24, 2.45) is 0 Å². The maximum Gasteiger partial charge on any atom is 0.331 e. The quantitative estimate of drug-likeness (QED) is 0.452. The molecule has 0 aromatic rings. The Labute approximate surface area is 143 Å². The number of carbonyl (C=O) groups excluding carboxylic acids is 2. The normalized spacial score (nSPS) is 9.58. The largest absolute Gasteiger partial charge is 0.449 e. The highest BCUT2D eigenvalue weighted by atomic mass is 16.6. The molecule has 0 aliphatic carbocycles. The molecule has 0 heterocycles. The number of aliphatic hydroxyl groups is 2. The number of ether oxygens (including phenoxy) is 2. The molecule has 0 fully saturated rings. The van der Waals surface area contributed by atoms with Crippen molar-refractivity contribution < 1.29 is 29.3 Å². The van der Waals surface area contributed by atoms with Gasteiger partial charge in [-0.1, -0.05) is 36.8 Å². The van der Waals surface area contributed by atoms with Gasteiger partial charge in [-0.2, -0.15) is 0 Å². The Morgan fingerprint density at radius 1 is 1.04 bits per heavy atom. The molecular formula is C18H24O6. The van der Waals surface area contributed by atoms with Crippen molar-refractivity contribution in [1.29, 1.82) is 0 Å². The highest BCUT2D eigenvalue weighted by Crippen LogP contribution is 2.07. The van der Waals surface area contributed by atoms with Crippen LogP contribution in [0.1, 0.15) is 27.7 Å². The van der Waals surface area contributed by atoms with Crippen LogP contribution < -0.4 is 0 Å². The van der Waals surface area contributed by atoms with E-state index in [0.717, 1.165) is 12.2 Å². The van der Waals surface area contributed by atoms with Crippen molar-refractivity contribution in [3.63, 3.8) is 0 Å². The van der Waals surface area contributed by atoms with Crippen LogP contribution in [-0.4, -0.2) is 46.6 Å². The Bertz CT molecular complexity index is 558. The van der Waals surface area contributed by atoms with E-state index in [1.807, 2.05) is 0 Å². The molecule has 0 spiro atoms. The molecule has 0 aromatic carbocycles. The summed E-state index contributed by atoms with van der Waals surface area (Å²) in [5.41, 5.74) is -1.91. The van der Waals surface area contributed by atoms with E-state index >= 15 is 0 Å². The number of hydrogen-bond acceptors (Lipinski definition) is 6. The third kappa shape index (κ3) is 17.5. The van der Waals surface area contributed by atoms with Gasteiger partial charge in [-0.05, 0) is 27.7 Å². The number of hydrogen-bond donors (Lipinski definition) is 2. The minimum absolute atomic E-state index is 0.0695. The van der Waals surface area contributed by atoms with E-state index in [-0.39, 0.29) is 13.2 Å². The lowest BCUT2D eigenvalue weighted by Crippen LogP contribution is -2.25. The lowest BCUT2D eigenvalue weighted by Gasteiger charge is -2.17. The molecule has 0 aliphatic rings. The Balaban J connectivity index is 0. The molecule has 0 amide bonds. The van der Waals surface area contributed by atoms with E-state index in [0.29, 0.717) is 0 Å². The van der Waals surface area contributed by atoms with Crippen molar-refractivity contribution in [1.82, 2.24) is 0 Å². The summed E-state index contributed by atoms with van der Waals surface area (Å²) in [5.74, 6) is 8.89. The van der Waals surface area contributed by atoms with Crippen LogP contribution in [0.25, 0.3) is 0 Å². The molecule has 24 heavy (non-hydrogen) atoms. The van der Waals surface area contributed by atoms with Gasteiger partial charge in [0.05, 0.1) is 0 Å². The molecular weight excluding hydrogens is 312 g/mol. The SMILES string of the molecule is C=CC(=O)OCC#CC(C)(C)OC(=O)C=C.CC(C)(O)C#CCO. The van der Waals surface area contributed by atoms with Crippen molar-refractivity contribution in [2.75, 3.05) is 13.2 Å². The Hall–Kier alpha value is -2.54. The standard InChI is InChI=1S/C12H14O4.C6H10O2/c1-5-10(13)15-9-7-8-12(3,4)16-11(14)6-2;1-6(2,8)4-3-5-7/h5-6H,1-2,9H2,3-4H3;7-8H,5H2,1-2H3. The Morgan fingerprint density at radius 3 is 1.96 bits per heavy atom. The minimum atomic E-state index is -0.970. The van der Waals surface area contributed by atoms with E-state index in [1.165, 1.54) is 0 Å². The average molecular weight is 336 g/mol. The molecule has 2 N–H and O–H groups in total. The fraction of sp³-hybridized carbons (Fsp3) is 0.444. The van der Waals surface area contributed by atoms with E-state index in [4.69, 9.17) is 14.9 Å². The maximum atomic E-state index is 10.9. The van der Waals surface area contributed by atoms with Gasteiger partial charge < -0.3 is 19.7 Å². The van der Waals surface area contributed by atoms with E-state index in [2.05, 4.69) is 41.6 Å². The number of aliphatic hydroxyl groups excluding tert-OH is 1. The van der Waals surface area contributed by atoms with Gasteiger partial charge in [0.1, 0.15) is 12.2 Å². The van der Waals surface area contributed by atoms with Crippen LogP contribution in [-0.2, 0) is 19.1 Å². The van der Waals surface area contributed by atoms with Crippen molar-refractivity contribution in [2.45, 2.75) is 38.9 Å². The molecule has 132 valence electrons. The smallest absolute Gasteiger partial charge is 0.331 e. The van der Waals surface area contributed by atoms with Crippen LogP contribution in [0.2, 0.25) is 0 Å². The molecule has 0 atom stereocenters. The lowest BCUT2D eigenvalue weighted by atomic mass is 10.1. The van der Waals surface area contributed by atoms with Crippen LogP contribution in [0, 0.1) is 23.7 Å². The molecule has 0 aromatic heterocycles. The van der Waals surface area contributed by atoms with Crippen LogP contribution in [0.15, 0.2) is 25.3 Å². The number of carbonyl (C=O) groups is 2. The lowest BCUT2D eigenvalue weighted by molar-refractivity contribution is -0.145. The molecule has 0 saturated heterocycles. The first-order valence-corrected chi connectivity index (χ1v) is 6.95. The van der Waals surface area contributed by atoms with Crippen LogP contribution in [0.3, 0.4) is 0 Å². The monoisotopic (exact) mass is 336 g/mol. The van der Waals surface area contributed by atoms with Crippen molar-refractivity contribution in [3.05, 3.63) is 25.3 Å². The molecule has 0 aliphatic heterocycles. The third-order valence-corrected chi connectivity index (χ3v) is 1.84. The fourth-order valence-corrected chi connectivity index (χ4v) is 0.990. The fourth-order valence-electron chi connectivity index (χ4n) is 0.990. The van der Waals surface area contributed by atoms with Gasteiger partial charge in [0.25, 0.3) is 0 Å². The zero-order valence-corrected chi connectivity index (χ0v) is 14.5. The minimum Gasteiger partial charge on any atom is -0.449 e. The summed E-state index contributed by atoms with van der Waals surface area (Å²) >= 11 is 0. The molecule has 0 bridgehead atoms. The summed E-state index contributed by atoms with van der Waals surface area (Å²) in [6.45, 7) is 12.6. The molecule has 0 radical (unpaired) electrons. The number of esters is 2. The highest BCUT2D eigenvalue weighted by Gasteiger charge is 2.17. The summed E-state index contributed by atoms with van der Waals surface area (Å²) in [4.78, 5) is 21.6. The molecule has 6 nitrogen and oxygen atoms in total.